The van der Waals surface area contributed by atoms with Crippen molar-refractivity contribution in [3.63, 3.8) is 0 Å². The second-order valence-electron chi connectivity index (χ2n) is 5.13. The van der Waals surface area contributed by atoms with E-state index in [9.17, 15) is 4.79 Å². The molecule has 20 heavy (non-hydrogen) atoms. The highest BCUT2D eigenvalue weighted by molar-refractivity contribution is 5.97. The highest BCUT2D eigenvalue weighted by Gasteiger charge is 2.19. The quantitative estimate of drug-likeness (QED) is 0.931. The van der Waals surface area contributed by atoms with E-state index < -0.39 is 0 Å². The van der Waals surface area contributed by atoms with E-state index >= 15 is 0 Å². The largest absolute Gasteiger partial charge is 0.349 e. The number of amides is 1. The zero-order chi connectivity index (χ0) is 13.8. The summed E-state index contributed by atoms with van der Waals surface area (Å²) in [4.78, 5) is 16.7. The Bertz CT molecular complexity index is 573. The van der Waals surface area contributed by atoms with Crippen LogP contribution in [0.25, 0.3) is 5.82 Å². The van der Waals surface area contributed by atoms with Crippen molar-refractivity contribution in [1.29, 1.82) is 0 Å². The van der Waals surface area contributed by atoms with Gasteiger partial charge in [0.05, 0.1) is 5.56 Å². The van der Waals surface area contributed by atoms with Crippen LogP contribution < -0.4 is 5.32 Å². The van der Waals surface area contributed by atoms with Gasteiger partial charge in [-0.1, -0.05) is 19.3 Å². The minimum atomic E-state index is -0.0597. The van der Waals surface area contributed by atoms with Gasteiger partial charge in [0.15, 0.2) is 5.82 Å². The van der Waals surface area contributed by atoms with E-state index in [2.05, 4.69) is 15.4 Å². The van der Waals surface area contributed by atoms with Gasteiger partial charge in [-0.15, -0.1) is 0 Å². The van der Waals surface area contributed by atoms with Crippen molar-refractivity contribution in [2.45, 2.75) is 38.1 Å². The lowest BCUT2D eigenvalue weighted by Crippen LogP contribution is -2.36. The zero-order valence-electron chi connectivity index (χ0n) is 11.3. The Balaban J connectivity index is 1.81. The molecule has 0 saturated heterocycles. The van der Waals surface area contributed by atoms with Gasteiger partial charge < -0.3 is 5.32 Å². The van der Waals surface area contributed by atoms with Crippen molar-refractivity contribution in [2.75, 3.05) is 0 Å². The van der Waals surface area contributed by atoms with Crippen LogP contribution in [0, 0.1) is 0 Å². The number of pyridine rings is 1. The van der Waals surface area contributed by atoms with Crippen molar-refractivity contribution < 1.29 is 4.79 Å². The minimum absolute atomic E-state index is 0.0597. The molecule has 5 heteroatoms. The second-order valence-corrected chi connectivity index (χ2v) is 5.13. The van der Waals surface area contributed by atoms with Crippen LogP contribution in [-0.2, 0) is 0 Å². The molecule has 1 fully saturated rings. The molecule has 5 nitrogen and oxygen atoms in total. The molecule has 2 aromatic heterocycles. The number of nitrogens with one attached hydrogen (secondary N) is 1. The molecule has 0 aliphatic heterocycles. The van der Waals surface area contributed by atoms with E-state index in [1.54, 1.807) is 35.4 Å². The van der Waals surface area contributed by atoms with E-state index in [0.717, 1.165) is 12.8 Å². The maximum atomic E-state index is 12.4. The third-order valence-corrected chi connectivity index (χ3v) is 3.69. The fourth-order valence-corrected chi connectivity index (χ4v) is 2.66. The summed E-state index contributed by atoms with van der Waals surface area (Å²) in [6, 6.07) is 5.68. The molecule has 3 rings (SSSR count). The molecule has 0 aromatic carbocycles. The molecule has 1 N–H and O–H groups in total. The number of carbonyl (C=O) groups excluding carboxylic acids is 1. The van der Waals surface area contributed by atoms with Crippen molar-refractivity contribution in [1.82, 2.24) is 20.1 Å². The highest BCUT2D eigenvalue weighted by Crippen LogP contribution is 2.18. The molecule has 2 aromatic rings. The number of rotatable bonds is 3. The molecule has 1 amide bonds. The number of hydrogen-bond acceptors (Lipinski definition) is 3. The van der Waals surface area contributed by atoms with Crippen molar-refractivity contribution in [3.05, 3.63) is 42.4 Å². The van der Waals surface area contributed by atoms with E-state index in [0.29, 0.717) is 17.4 Å². The van der Waals surface area contributed by atoms with E-state index in [-0.39, 0.29) is 5.91 Å². The van der Waals surface area contributed by atoms with Gasteiger partial charge in [-0.05, 0) is 31.0 Å². The molecule has 0 spiro atoms. The third-order valence-electron chi connectivity index (χ3n) is 3.69. The van der Waals surface area contributed by atoms with Crippen LogP contribution in [0.5, 0.6) is 0 Å². The SMILES string of the molecule is O=C(NC1CCCCC1)c1cccnc1-n1cccn1. The Morgan fingerprint density at radius 1 is 1.20 bits per heavy atom. The Labute approximate surface area is 118 Å². The third kappa shape index (κ3) is 2.71. The fraction of sp³-hybridized carbons (Fsp3) is 0.400. The first-order valence-corrected chi connectivity index (χ1v) is 7.10. The summed E-state index contributed by atoms with van der Waals surface area (Å²) in [6.07, 6.45) is 11.0. The topological polar surface area (TPSA) is 59.8 Å². The molecule has 104 valence electrons. The summed E-state index contributed by atoms with van der Waals surface area (Å²) in [6.45, 7) is 0. The van der Waals surface area contributed by atoms with Crippen LogP contribution >= 0.6 is 0 Å². The van der Waals surface area contributed by atoms with E-state index in [1.165, 1.54) is 19.3 Å². The summed E-state index contributed by atoms with van der Waals surface area (Å²) in [5, 5.41) is 7.27. The molecule has 0 unspecified atom stereocenters. The molecule has 0 bridgehead atoms. The zero-order valence-corrected chi connectivity index (χ0v) is 11.3. The molecule has 1 saturated carbocycles. The van der Waals surface area contributed by atoms with Crippen molar-refractivity contribution in [3.8, 4) is 5.82 Å². The molecule has 1 aliphatic carbocycles. The maximum Gasteiger partial charge on any atom is 0.255 e. The van der Waals surface area contributed by atoms with Gasteiger partial charge in [0.25, 0.3) is 5.91 Å². The molecular formula is C15H18N4O. The summed E-state index contributed by atoms with van der Waals surface area (Å²) in [5.41, 5.74) is 0.571. The Morgan fingerprint density at radius 3 is 2.80 bits per heavy atom. The number of nitrogens with zero attached hydrogens (tertiary/aromatic N) is 3. The van der Waals surface area contributed by atoms with Crippen molar-refractivity contribution >= 4 is 5.91 Å². The van der Waals surface area contributed by atoms with Gasteiger partial charge in [0, 0.05) is 24.6 Å². The number of hydrogen-bond donors (Lipinski definition) is 1. The molecule has 0 radical (unpaired) electrons. The highest BCUT2D eigenvalue weighted by atomic mass is 16.1. The first-order chi connectivity index (χ1) is 9.84. The van der Waals surface area contributed by atoms with Crippen LogP contribution in [0.3, 0.4) is 0 Å². The fourth-order valence-electron chi connectivity index (χ4n) is 2.66. The van der Waals surface area contributed by atoms with Gasteiger partial charge in [-0.2, -0.15) is 5.10 Å². The van der Waals surface area contributed by atoms with Crippen LogP contribution in [0.4, 0.5) is 0 Å². The van der Waals surface area contributed by atoms with Gasteiger partial charge in [-0.25, -0.2) is 9.67 Å². The predicted octanol–water partition coefficient (Wildman–Crippen LogP) is 2.33. The Hall–Kier alpha value is -2.17. The van der Waals surface area contributed by atoms with E-state index in [4.69, 9.17) is 0 Å². The standard InChI is InChI=1S/C15H18N4O/c20-15(18-12-6-2-1-3-7-12)13-8-4-9-16-14(13)19-11-5-10-17-19/h4-5,8-12H,1-3,6-7H2,(H,18,20). The van der Waals surface area contributed by atoms with Gasteiger partial charge in [0.1, 0.15) is 0 Å². The van der Waals surface area contributed by atoms with Crippen LogP contribution in [0.1, 0.15) is 42.5 Å². The molecule has 0 atom stereocenters. The van der Waals surface area contributed by atoms with Crippen LogP contribution in [-0.4, -0.2) is 26.7 Å². The van der Waals surface area contributed by atoms with Gasteiger partial charge in [-0.3, -0.25) is 4.79 Å². The van der Waals surface area contributed by atoms with E-state index in [1.807, 2.05) is 6.07 Å². The van der Waals surface area contributed by atoms with Gasteiger partial charge >= 0.3 is 0 Å². The molecule has 1 aliphatic rings. The first-order valence-electron chi connectivity index (χ1n) is 7.10. The summed E-state index contributed by atoms with van der Waals surface area (Å²) in [5.74, 6) is 0.515. The smallest absolute Gasteiger partial charge is 0.255 e. The lowest BCUT2D eigenvalue weighted by Gasteiger charge is -2.23. The maximum absolute atomic E-state index is 12.4. The normalized spacial score (nSPS) is 16.0. The Morgan fingerprint density at radius 2 is 2.05 bits per heavy atom. The van der Waals surface area contributed by atoms with Crippen molar-refractivity contribution in [2.24, 2.45) is 0 Å². The van der Waals surface area contributed by atoms with Crippen LogP contribution in [0.15, 0.2) is 36.8 Å². The second kappa shape index (κ2) is 5.86. The molecule has 2 heterocycles. The number of aromatic nitrogens is 3. The average molecular weight is 270 g/mol. The molecular weight excluding hydrogens is 252 g/mol. The lowest BCUT2D eigenvalue weighted by molar-refractivity contribution is 0.0927. The number of carbonyl (C=O) groups is 1. The summed E-state index contributed by atoms with van der Waals surface area (Å²) >= 11 is 0. The minimum Gasteiger partial charge on any atom is -0.349 e. The van der Waals surface area contributed by atoms with Gasteiger partial charge in [0.2, 0.25) is 0 Å². The first kappa shape index (κ1) is 12.8. The van der Waals surface area contributed by atoms with Crippen LogP contribution in [0.2, 0.25) is 0 Å². The monoisotopic (exact) mass is 270 g/mol. The summed E-state index contributed by atoms with van der Waals surface area (Å²) < 4.78 is 1.62. The lowest BCUT2D eigenvalue weighted by atomic mass is 9.95. The average Bonchev–Trinajstić information content (AvgIpc) is 3.02. The predicted molar refractivity (Wildman–Crippen MR) is 75.7 cm³/mol. The summed E-state index contributed by atoms with van der Waals surface area (Å²) in [7, 11) is 0. The Kier molecular flexibility index (Phi) is 3.76.